The van der Waals surface area contributed by atoms with Crippen molar-refractivity contribution in [1.29, 1.82) is 0 Å². The lowest BCUT2D eigenvalue weighted by Crippen LogP contribution is -2.05. The largest absolute Gasteiger partial charge is 0.501 e. The lowest BCUT2D eigenvalue weighted by atomic mass is 10.1. The average Bonchev–Trinajstić information content (AvgIpc) is 2.14. The average molecular weight is 167 g/mol. The highest BCUT2D eigenvalue weighted by Crippen LogP contribution is 2.12. The highest BCUT2D eigenvalue weighted by molar-refractivity contribution is 5.17. The normalized spacial score (nSPS) is 17.6. The zero-order chi connectivity index (χ0) is 8.65. The van der Waals surface area contributed by atoms with Gasteiger partial charge in [-0.25, -0.2) is 0 Å². The van der Waals surface area contributed by atoms with Gasteiger partial charge in [-0.2, -0.15) is 0 Å². The van der Waals surface area contributed by atoms with Crippen molar-refractivity contribution in [3.8, 4) is 0 Å². The summed E-state index contributed by atoms with van der Waals surface area (Å²) in [6, 6.07) is 0. The van der Waals surface area contributed by atoms with Crippen molar-refractivity contribution in [2.75, 3.05) is 20.2 Å². The molecule has 1 rings (SSSR count). The van der Waals surface area contributed by atoms with Crippen LogP contribution in [0.5, 0.6) is 0 Å². The highest BCUT2D eigenvalue weighted by Gasteiger charge is 1.99. The molecule has 0 saturated carbocycles. The second kappa shape index (κ2) is 5.84. The summed E-state index contributed by atoms with van der Waals surface area (Å²) < 4.78 is 5.21. The van der Waals surface area contributed by atoms with Gasteiger partial charge in [-0.05, 0) is 38.4 Å². The third-order valence-corrected chi connectivity index (χ3v) is 1.86. The first-order valence-electron chi connectivity index (χ1n) is 4.55. The van der Waals surface area contributed by atoms with Crippen LogP contribution in [0.25, 0.3) is 0 Å². The van der Waals surface area contributed by atoms with Gasteiger partial charge in [-0.1, -0.05) is 12.2 Å². The van der Waals surface area contributed by atoms with Gasteiger partial charge in [0.1, 0.15) is 0 Å². The maximum atomic E-state index is 5.21. The molecule has 0 saturated heterocycles. The third kappa shape index (κ3) is 3.58. The van der Waals surface area contributed by atoms with Crippen molar-refractivity contribution in [2.24, 2.45) is 0 Å². The van der Waals surface area contributed by atoms with Gasteiger partial charge in [0.2, 0.25) is 0 Å². The molecule has 1 aliphatic rings. The predicted octanol–water partition coefficient (Wildman–Crippen LogP) is 1.85. The first-order chi connectivity index (χ1) is 5.93. The molecular formula is C10H17NO. The van der Waals surface area contributed by atoms with Gasteiger partial charge >= 0.3 is 0 Å². The summed E-state index contributed by atoms with van der Waals surface area (Å²) in [4.78, 5) is 0. The van der Waals surface area contributed by atoms with Crippen molar-refractivity contribution in [3.05, 3.63) is 24.0 Å². The van der Waals surface area contributed by atoms with E-state index in [1.165, 1.54) is 5.57 Å². The summed E-state index contributed by atoms with van der Waals surface area (Å²) in [5.41, 5.74) is 1.32. The van der Waals surface area contributed by atoms with E-state index in [4.69, 9.17) is 4.74 Å². The van der Waals surface area contributed by atoms with E-state index >= 15 is 0 Å². The minimum atomic E-state index is 0.883. The molecule has 0 aliphatic carbocycles. The first kappa shape index (κ1) is 9.33. The van der Waals surface area contributed by atoms with Crippen molar-refractivity contribution in [3.63, 3.8) is 0 Å². The first-order valence-corrected chi connectivity index (χ1v) is 4.55. The molecule has 1 N–H and O–H groups in total. The Morgan fingerprint density at radius 3 is 3.25 bits per heavy atom. The topological polar surface area (TPSA) is 21.3 Å². The number of allylic oxidation sites excluding steroid dienone is 2. The van der Waals surface area contributed by atoms with E-state index in [9.17, 15) is 0 Å². The predicted molar refractivity (Wildman–Crippen MR) is 51.0 cm³/mol. The minimum Gasteiger partial charge on any atom is -0.501 e. The van der Waals surface area contributed by atoms with Crippen LogP contribution in [-0.4, -0.2) is 20.2 Å². The Bertz CT molecular complexity index is 173. The molecule has 1 heterocycles. The number of hydrogen-bond donors (Lipinski definition) is 1. The quantitative estimate of drug-likeness (QED) is 0.645. The van der Waals surface area contributed by atoms with E-state index in [0.29, 0.717) is 0 Å². The van der Waals surface area contributed by atoms with Crippen molar-refractivity contribution in [1.82, 2.24) is 5.32 Å². The smallest absolute Gasteiger partial charge is 0.0876 e. The maximum Gasteiger partial charge on any atom is 0.0876 e. The van der Waals surface area contributed by atoms with Gasteiger partial charge in [-0.15, -0.1) is 0 Å². The van der Waals surface area contributed by atoms with E-state index in [1.807, 2.05) is 13.3 Å². The zero-order valence-electron chi connectivity index (χ0n) is 7.68. The molecule has 0 aromatic heterocycles. The number of ether oxygens (including phenoxy) is 1. The summed E-state index contributed by atoms with van der Waals surface area (Å²) >= 11 is 0. The molecule has 0 radical (unpaired) electrons. The second-order valence-electron chi connectivity index (χ2n) is 2.96. The molecule has 2 nitrogen and oxygen atoms in total. The van der Waals surface area contributed by atoms with Gasteiger partial charge in [0, 0.05) is 0 Å². The van der Waals surface area contributed by atoms with Crippen molar-refractivity contribution < 1.29 is 4.74 Å². The summed E-state index contributed by atoms with van der Waals surface area (Å²) in [5, 5.41) is 3.10. The van der Waals surface area contributed by atoms with Crippen molar-refractivity contribution >= 4 is 0 Å². The summed E-state index contributed by atoms with van der Waals surface area (Å²) in [5.74, 6) is 0. The van der Waals surface area contributed by atoms with Crippen LogP contribution in [-0.2, 0) is 4.74 Å². The van der Waals surface area contributed by atoms with Crippen LogP contribution in [0.3, 0.4) is 0 Å². The van der Waals surface area contributed by atoms with Gasteiger partial charge in [-0.3, -0.25) is 0 Å². The van der Waals surface area contributed by atoms with E-state index in [2.05, 4.69) is 17.5 Å². The fourth-order valence-corrected chi connectivity index (χ4v) is 1.17. The van der Waals surface area contributed by atoms with Gasteiger partial charge < -0.3 is 10.1 Å². The van der Waals surface area contributed by atoms with Crippen LogP contribution in [0.4, 0.5) is 0 Å². The molecule has 2 heteroatoms. The standard InChI is InChI=1S/C10H17NO/c1-11-7-3-2-5-10-6-4-8-12-9-10/h2,5,9,11H,3-4,6-8H2,1H3/b5-2+. The van der Waals surface area contributed by atoms with Crippen LogP contribution in [0.15, 0.2) is 24.0 Å². The molecule has 0 fully saturated rings. The second-order valence-corrected chi connectivity index (χ2v) is 2.96. The molecule has 0 bridgehead atoms. The number of hydrogen-bond acceptors (Lipinski definition) is 2. The minimum absolute atomic E-state index is 0.883. The Hall–Kier alpha value is -0.760. The fraction of sp³-hybridized carbons (Fsp3) is 0.600. The Morgan fingerprint density at radius 1 is 1.67 bits per heavy atom. The molecule has 0 aromatic carbocycles. The SMILES string of the molecule is CNCC/C=C/C1=COCCC1. The molecule has 0 atom stereocenters. The zero-order valence-corrected chi connectivity index (χ0v) is 7.68. The van der Waals surface area contributed by atoms with Crippen LogP contribution >= 0.6 is 0 Å². The van der Waals surface area contributed by atoms with E-state index in [1.54, 1.807) is 0 Å². The lowest BCUT2D eigenvalue weighted by molar-refractivity contribution is 0.227. The number of nitrogens with one attached hydrogen (secondary N) is 1. The third-order valence-electron chi connectivity index (χ3n) is 1.86. The molecule has 68 valence electrons. The molecule has 12 heavy (non-hydrogen) atoms. The number of rotatable bonds is 4. The van der Waals surface area contributed by atoms with Gasteiger partial charge in [0.25, 0.3) is 0 Å². The Balaban J connectivity index is 2.19. The Morgan fingerprint density at radius 2 is 2.58 bits per heavy atom. The maximum absolute atomic E-state index is 5.21. The van der Waals surface area contributed by atoms with Crippen molar-refractivity contribution in [2.45, 2.75) is 19.3 Å². The van der Waals surface area contributed by atoms with Crippen LogP contribution in [0, 0.1) is 0 Å². The van der Waals surface area contributed by atoms with Crippen LogP contribution in [0.1, 0.15) is 19.3 Å². The fourth-order valence-electron chi connectivity index (χ4n) is 1.17. The summed E-state index contributed by atoms with van der Waals surface area (Å²) in [7, 11) is 1.97. The van der Waals surface area contributed by atoms with E-state index in [-0.39, 0.29) is 0 Å². The molecular weight excluding hydrogens is 150 g/mol. The molecule has 0 unspecified atom stereocenters. The van der Waals surface area contributed by atoms with Gasteiger partial charge in [0.05, 0.1) is 12.9 Å². The van der Waals surface area contributed by atoms with Gasteiger partial charge in [0.15, 0.2) is 0 Å². The molecule has 0 aromatic rings. The monoisotopic (exact) mass is 167 g/mol. The molecule has 1 aliphatic heterocycles. The summed E-state index contributed by atoms with van der Waals surface area (Å²) in [6.07, 6.45) is 9.64. The Kier molecular flexibility index (Phi) is 4.54. The lowest BCUT2D eigenvalue weighted by Gasteiger charge is -2.09. The Labute approximate surface area is 74.3 Å². The molecule has 0 spiro atoms. The van der Waals surface area contributed by atoms with E-state index < -0.39 is 0 Å². The van der Waals surface area contributed by atoms with Crippen LogP contribution in [0.2, 0.25) is 0 Å². The molecule has 0 amide bonds. The summed E-state index contributed by atoms with van der Waals surface area (Å²) in [6.45, 7) is 1.93. The highest BCUT2D eigenvalue weighted by atomic mass is 16.5. The van der Waals surface area contributed by atoms with E-state index in [0.717, 1.165) is 32.4 Å². The van der Waals surface area contributed by atoms with Crippen LogP contribution < -0.4 is 5.32 Å².